The molecule has 3 aliphatic rings. The first-order valence-electron chi connectivity index (χ1n) is 9.20. The SMILES string of the molecule is Cc1cc(C)cc(N2C(=O)CN(C3CCCC3)C3CS(=O)(=O)CC32)c1. The summed E-state index contributed by atoms with van der Waals surface area (Å²) in [4.78, 5) is 17.0. The molecule has 0 aromatic heterocycles. The van der Waals surface area contributed by atoms with E-state index in [9.17, 15) is 13.2 Å². The van der Waals surface area contributed by atoms with Crippen LogP contribution >= 0.6 is 0 Å². The molecule has 3 fully saturated rings. The molecule has 2 heterocycles. The Hall–Kier alpha value is -1.40. The molecule has 4 rings (SSSR count). The smallest absolute Gasteiger partial charge is 0.241 e. The number of nitrogens with zero attached hydrogens (tertiary/aromatic N) is 2. The van der Waals surface area contributed by atoms with E-state index in [0.29, 0.717) is 12.6 Å². The molecule has 5 nitrogen and oxygen atoms in total. The Kier molecular flexibility index (Phi) is 4.15. The van der Waals surface area contributed by atoms with Crippen LogP contribution in [-0.4, -0.2) is 55.4 Å². The third kappa shape index (κ3) is 3.10. The van der Waals surface area contributed by atoms with Gasteiger partial charge in [-0.15, -0.1) is 0 Å². The summed E-state index contributed by atoms with van der Waals surface area (Å²) in [5, 5.41) is 0. The van der Waals surface area contributed by atoms with Gasteiger partial charge in [0.2, 0.25) is 5.91 Å². The van der Waals surface area contributed by atoms with Gasteiger partial charge in [0.25, 0.3) is 0 Å². The molecule has 25 heavy (non-hydrogen) atoms. The number of anilines is 1. The van der Waals surface area contributed by atoms with Crippen LogP contribution in [0.4, 0.5) is 5.69 Å². The Morgan fingerprint density at radius 2 is 1.56 bits per heavy atom. The maximum Gasteiger partial charge on any atom is 0.241 e. The van der Waals surface area contributed by atoms with E-state index >= 15 is 0 Å². The molecule has 0 spiro atoms. The summed E-state index contributed by atoms with van der Waals surface area (Å²) in [5.41, 5.74) is 3.04. The lowest BCUT2D eigenvalue weighted by molar-refractivity contribution is -0.124. The fourth-order valence-electron chi connectivity index (χ4n) is 4.97. The van der Waals surface area contributed by atoms with Gasteiger partial charge in [-0.1, -0.05) is 18.9 Å². The van der Waals surface area contributed by atoms with Crippen LogP contribution in [0.15, 0.2) is 18.2 Å². The normalized spacial score (nSPS) is 30.0. The van der Waals surface area contributed by atoms with Crippen molar-refractivity contribution in [3.05, 3.63) is 29.3 Å². The number of aryl methyl sites for hydroxylation is 2. The van der Waals surface area contributed by atoms with Crippen molar-refractivity contribution in [2.75, 3.05) is 23.0 Å². The summed E-state index contributed by atoms with van der Waals surface area (Å²) in [6.45, 7) is 4.37. The van der Waals surface area contributed by atoms with Crippen LogP contribution in [0.3, 0.4) is 0 Å². The molecule has 2 atom stereocenters. The molecular formula is C19H26N2O3S. The predicted molar refractivity (Wildman–Crippen MR) is 98.6 cm³/mol. The summed E-state index contributed by atoms with van der Waals surface area (Å²) < 4.78 is 24.8. The van der Waals surface area contributed by atoms with Gasteiger partial charge in [0.15, 0.2) is 9.84 Å². The quantitative estimate of drug-likeness (QED) is 0.808. The van der Waals surface area contributed by atoms with Crippen molar-refractivity contribution in [3.63, 3.8) is 0 Å². The molecule has 136 valence electrons. The van der Waals surface area contributed by atoms with E-state index in [1.807, 2.05) is 26.0 Å². The number of amides is 1. The Morgan fingerprint density at radius 1 is 0.960 bits per heavy atom. The fraction of sp³-hybridized carbons (Fsp3) is 0.632. The highest BCUT2D eigenvalue weighted by Crippen LogP contribution is 2.36. The van der Waals surface area contributed by atoms with Crippen molar-refractivity contribution in [2.24, 2.45) is 0 Å². The number of carbonyl (C=O) groups excluding carboxylic acids is 1. The van der Waals surface area contributed by atoms with Gasteiger partial charge in [0.1, 0.15) is 0 Å². The lowest BCUT2D eigenvalue weighted by Gasteiger charge is -2.46. The van der Waals surface area contributed by atoms with Crippen LogP contribution < -0.4 is 4.90 Å². The molecule has 2 aliphatic heterocycles. The highest BCUT2D eigenvalue weighted by molar-refractivity contribution is 7.91. The summed E-state index contributed by atoms with van der Waals surface area (Å²) in [7, 11) is -3.11. The third-order valence-corrected chi connectivity index (χ3v) is 7.61. The van der Waals surface area contributed by atoms with Crippen LogP contribution in [-0.2, 0) is 14.6 Å². The van der Waals surface area contributed by atoms with Gasteiger partial charge in [0.05, 0.1) is 24.1 Å². The Bertz CT molecular complexity index is 779. The second-order valence-electron chi connectivity index (χ2n) is 7.93. The number of benzene rings is 1. The topological polar surface area (TPSA) is 57.7 Å². The van der Waals surface area contributed by atoms with Gasteiger partial charge in [-0.05, 0) is 49.9 Å². The molecule has 1 saturated carbocycles. The minimum absolute atomic E-state index is 0.0373. The van der Waals surface area contributed by atoms with Crippen molar-refractivity contribution < 1.29 is 13.2 Å². The summed E-state index contributed by atoms with van der Waals surface area (Å²) in [5.74, 6) is 0.303. The first kappa shape index (κ1) is 17.0. The molecule has 1 aromatic carbocycles. The van der Waals surface area contributed by atoms with E-state index in [1.54, 1.807) is 4.90 Å². The van der Waals surface area contributed by atoms with Gasteiger partial charge in [0, 0.05) is 17.8 Å². The van der Waals surface area contributed by atoms with E-state index in [1.165, 1.54) is 12.8 Å². The van der Waals surface area contributed by atoms with E-state index in [-0.39, 0.29) is 29.5 Å². The molecule has 1 aromatic rings. The van der Waals surface area contributed by atoms with Crippen LogP contribution in [0.5, 0.6) is 0 Å². The van der Waals surface area contributed by atoms with Crippen molar-refractivity contribution in [1.82, 2.24) is 4.90 Å². The zero-order chi connectivity index (χ0) is 17.8. The lowest BCUT2D eigenvalue weighted by Crippen LogP contribution is -2.64. The predicted octanol–water partition coefficient (Wildman–Crippen LogP) is 2.06. The standard InChI is InChI=1S/C19H26N2O3S/c1-13-7-14(2)9-16(8-13)21-18-12-25(23,24)11-17(18)20(10-19(21)22)15-5-3-4-6-15/h7-9,15,17-18H,3-6,10-12H2,1-2H3. The molecule has 2 saturated heterocycles. The maximum atomic E-state index is 13.0. The molecule has 0 radical (unpaired) electrons. The summed E-state index contributed by atoms with van der Waals surface area (Å²) >= 11 is 0. The molecule has 0 bridgehead atoms. The van der Waals surface area contributed by atoms with Crippen LogP contribution in [0, 0.1) is 13.8 Å². The number of rotatable bonds is 2. The number of sulfone groups is 1. The first-order chi connectivity index (χ1) is 11.8. The third-order valence-electron chi connectivity index (χ3n) is 5.92. The van der Waals surface area contributed by atoms with E-state index < -0.39 is 9.84 Å². The van der Waals surface area contributed by atoms with Crippen LogP contribution in [0.2, 0.25) is 0 Å². The maximum absolute atomic E-state index is 13.0. The van der Waals surface area contributed by atoms with Crippen molar-refractivity contribution in [2.45, 2.75) is 57.7 Å². The van der Waals surface area contributed by atoms with Crippen LogP contribution in [0.25, 0.3) is 0 Å². The Morgan fingerprint density at radius 3 is 2.20 bits per heavy atom. The van der Waals surface area contributed by atoms with Crippen molar-refractivity contribution in [1.29, 1.82) is 0 Å². The minimum atomic E-state index is -3.11. The average molecular weight is 362 g/mol. The van der Waals surface area contributed by atoms with Gasteiger partial charge in [-0.2, -0.15) is 0 Å². The Labute approximate surface area is 149 Å². The molecule has 1 aliphatic carbocycles. The zero-order valence-corrected chi connectivity index (χ0v) is 15.8. The number of hydrogen-bond donors (Lipinski definition) is 0. The molecule has 6 heteroatoms. The first-order valence-corrected chi connectivity index (χ1v) is 11.0. The number of carbonyl (C=O) groups is 1. The number of hydrogen-bond acceptors (Lipinski definition) is 4. The second-order valence-corrected chi connectivity index (χ2v) is 10.1. The van der Waals surface area contributed by atoms with Gasteiger partial charge in [-0.3, -0.25) is 9.69 Å². The van der Waals surface area contributed by atoms with Gasteiger partial charge < -0.3 is 4.90 Å². The van der Waals surface area contributed by atoms with Gasteiger partial charge in [-0.25, -0.2) is 8.42 Å². The van der Waals surface area contributed by atoms with E-state index in [4.69, 9.17) is 0 Å². The summed E-state index contributed by atoms with van der Waals surface area (Å²) in [6, 6.07) is 6.12. The summed E-state index contributed by atoms with van der Waals surface area (Å²) in [6.07, 6.45) is 4.53. The van der Waals surface area contributed by atoms with Crippen molar-refractivity contribution in [3.8, 4) is 0 Å². The van der Waals surface area contributed by atoms with Crippen molar-refractivity contribution >= 4 is 21.4 Å². The van der Waals surface area contributed by atoms with Gasteiger partial charge >= 0.3 is 0 Å². The van der Waals surface area contributed by atoms with Crippen LogP contribution in [0.1, 0.15) is 36.8 Å². The minimum Gasteiger partial charge on any atom is -0.306 e. The number of fused-ring (bicyclic) bond motifs is 1. The fourth-order valence-corrected chi connectivity index (χ4v) is 6.93. The number of piperazine rings is 1. The molecular weight excluding hydrogens is 336 g/mol. The second kappa shape index (κ2) is 6.09. The lowest BCUT2D eigenvalue weighted by atomic mass is 9.99. The molecule has 2 unspecified atom stereocenters. The monoisotopic (exact) mass is 362 g/mol. The highest BCUT2D eigenvalue weighted by Gasteiger charge is 2.51. The zero-order valence-electron chi connectivity index (χ0n) is 14.9. The van der Waals surface area contributed by atoms with E-state index in [0.717, 1.165) is 29.7 Å². The molecule has 1 amide bonds. The van der Waals surface area contributed by atoms with E-state index in [2.05, 4.69) is 11.0 Å². The largest absolute Gasteiger partial charge is 0.306 e. The average Bonchev–Trinajstić information content (AvgIpc) is 3.11. The Balaban J connectivity index is 1.73. The molecule has 0 N–H and O–H groups in total. The highest BCUT2D eigenvalue weighted by atomic mass is 32.2.